The predicted molar refractivity (Wildman–Crippen MR) is 79.4 cm³/mol. The fraction of sp³-hybridized carbons (Fsp3) is 0.333. The van der Waals surface area contributed by atoms with Crippen LogP contribution < -0.4 is 10.1 Å². The second kappa shape index (κ2) is 7.44. The summed E-state index contributed by atoms with van der Waals surface area (Å²) in [4.78, 5) is 11.9. The number of nitrogens with one attached hydrogen (secondary N) is 2. The molecule has 2 aromatic rings. The van der Waals surface area contributed by atoms with Gasteiger partial charge in [-0.25, -0.2) is 0 Å². The number of amides is 1. The van der Waals surface area contributed by atoms with E-state index in [4.69, 9.17) is 9.47 Å². The number of rotatable bonds is 7. The number of nitrogens with zero attached hydrogens (tertiary/aromatic N) is 1. The lowest BCUT2D eigenvalue weighted by molar-refractivity contribution is 0.0943. The number of carbonyl (C=O) groups is 1. The number of aromatic amines is 1. The van der Waals surface area contributed by atoms with Crippen LogP contribution in [0.3, 0.4) is 0 Å². The summed E-state index contributed by atoms with van der Waals surface area (Å²) < 4.78 is 10.1. The van der Waals surface area contributed by atoms with Crippen molar-refractivity contribution in [1.29, 1.82) is 0 Å². The van der Waals surface area contributed by atoms with Crippen molar-refractivity contribution in [2.75, 3.05) is 27.4 Å². The molecule has 0 saturated carbocycles. The third kappa shape index (κ3) is 4.06. The van der Waals surface area contributed by atoms with Gasteiger partial charge in [0.05, 0.1) is 12.8 Å². The molecule has 0 spiro atoms. The van der Waals surface area contributed by atoms with E-state index in [-0.39, 0.29) is 5.91 Å². The van der Waals surface area contributed by atoms with Gasteiger partial charge in [-0.3, -0.25) is 9.89 Å². The molecular weight excluding hydrogens is 270 g/mol. The van der Waals surface area contributed by atoms with Gasteiger partial charge in [-0.2, -0.15) is 5.10 Å². The van der Waals surface area contributed by atoms with Gasteiger partial charge in [-0.1, -0.05) is 12.1 Å². The van der Waals surface area contributed by atoms with Gasteiger partial charge in [0.25, 0.3) is 5.91 Å². The molecule has 0 saturated heterocycles. The molecule has 0 atom stereocenters. The maximum Gasteiger partial charge on any atom is 0.269 e. The van der Waals surface area contributed by atoms with Crippen LogP contribution in [0.25, 0.3) is 11.3 Å². The molecule has 6 nitrogen and oxygen atoms in total. The highest BCUT2D eigenvalue weighted by atomic mass is 16.5. The number of methoxy groups -OCH3 is 2. The van der Waals surface area contributed by atoms with Crippen LogP contribution in [-0.2, 0) is 4.74 Å². The van der Waals surface area contributed by atoms with Gasteiger partial charge in [0.1, 0.15) is 11.4 Å². The molecular formula is C15H19N3O3. The minimum absolute atomic E-state index is 0.173. The van der Waals surface area contributed by atoms with Gasteiger partial charge >= 0.3 is 0 Å². The van der Waals surface area contributed by atoms with Crippen molar-refractivity contribution in [2.24, 2.45) is 0 Å². The van der Waals surface area contributed by atoms with Crippen molar-refractivity contribution >= 4 is 5.91 Å². The highest BCUT2D eigenvalue weighted by Gasteiger charge is 2.10. The molecule has 6 heteroatoms. The standard InChI is InChI=1S/C15H19N3O3/c1-20-8-4-7-16-15(19)14-10-13(17-18-14)11-5-3-6-12(9-11)21-2/h3,5-6,9-10H,4,7-8H2,1-2H3,(H,16,19)(H,17,18). The van der Waals surface area contributed by atoms with Crippen molar-refractivity contribution in [3.63, 3.8) is 0 Å². The Kier molecular flexibility index (Phi) is 5.34. The summed E-state index contributed by atoms with van der Waals surface area (Å²) in [6.45, 7) is 1.19. The Morgan fingerprint density at radius 1 is 1.33 bits per heavy atom. The summed E-state index contributed by atoms with van der Waals surface area (Å²) >= 11 is 0. The Labute approximate surface area is 123 Å². The van der Waals surface area contributed by atoms with E-state index in [1.165, 1.54) is 0 Å². The van der Waals surface area contributed by atoms with Crippen molar-refractivity contribution in [3.05, 3.63) is 36.0 Å². The molecule has 0 radical (unpaired) electrons. The number of ether oxygens (including phenoxy) is 2. The van der Waals surface area contributed by atoms with Gasteiger partial charge in [-0.05, 0) is 24.6 Å². The maximum absolute atomic E-state index is 11.9. The van der Waals surface area contributed by atoms with Crippen LogP contribution in [0.15, 0.2) is 30.3 Å². The Bertz CT molecular complexity index is 595. The van der Waals surface area contributed by atoms with E-state index in [1.807, 2.05) is 24.3 Å². The van der Waals surface area contributed by atoms with Gasteiger partial charge in [0.2, 0.25) is 0 Å². The van der Waals surface area contributed by atoms with Crippen LogP contribution in [0.2, 0.25) is 0 Å². The molecule has 0 fully saturated rings. The van der Waals surface area contributed by atoms with Crippen molar-refractivity contribution in [3.8, 4) is 17.0 Å². The SMILES string of the molecule is COCCCNC(=O)c1cc(-c2cccc(OC)c2)n[nH]1. The largest absolute Gasteiger partial charge is 0.497 e. The number of benzene rings is 1. The van der Waals surface area contributed by atoms with Crippen molar-refractivity contribution in [2.45, 2.75) is 6.42 Å². The summed E-state index contributed by atoms with van der Waals surface area (Å²) in [6, 6.07) is 9.25. The normalized spacial score (nSPS) is 10.4. The first-order valence-corrected chi connectivity index (χ1v) is 6.71. The Morgan fingerprint density at radius 2 is 2.19 bits per heavy atom. The number of hydrogen-bond acceptors (Lipinski definition) is 4. The Balaban J connectivity index is 2.01. The molecule has 2 rings (SSSR count). The van der Waals surface area contributed by atoms with Gasteiger partial charge in [0, 0.05) is 25.8 Å². The Morgan fingerprint density at radius 3 is 2.95 bits per heavy atom. The summed E-state index contributed by atoms with van der Waals surface area (Å²) in [5, 5.41) is 9.72. The van der Waals surface area contributed by atoms with Gasteiger partial charge in [0.15, 0.2) is 0 Å². The monoisotopic (exact) mass is 289 g/mol. The maximum atomic E-state index is 11.9. The minimum atomic E-state index is -0.173. The van der Waals surface area contributed by atoms with E-state index < -0.39 is 0 Å². The first-order chi connectivity index (χ1) is 10.2. The zero-order valence-corrected chi connectivity index (χ0v) is 12.2. The number of H-pyrrole nitrogens is 1. The zero-order chi connectivity index (χ0) is 15.1. The summed E-state index contributed by atoms with van der Waals surface area (Å²) in [6.07, 6.45) is 0.777. The lowest BCUT2D eigenvalue weighted by atomic mass is 10.1. The second-order valence-corrected chi connectivity index (χ2v) is 4.50. The van der Waals surface area contributed by atoms with Crippen LogP contribution in [0.5, 0.6) is 5.75 Å². The van der Waals surface area contributed by atoms with E-state index >= 15 is 0 Å². The second-order valence-electron chi connectivity index (χ2n) is 4.50. The topological polar surface area (TPSA) is 76.2 Å². The Hall–Kier alpha value is -2.34. The minimum Gasteiger partial charge on any atom is -0.497 e. The first kappa shape index (κ1) is 15.1. The van der Waals surface area contributed by atoms with Gasteiger partial charge in [-0.15, -0.1) is 0 Å². The molecule has 0 unspecified atom stereocenters. The fourth-order valence-corrected chi connectivity index (χ4v) is 1.88. The average molecular weight is 289 g/mol. The number of aromatic nitrogens is 2. The van der Waals surface area contributed by atoms with Crippen LogP contribution in [0, 0.1) is 0 Å². The van der Waals surface area contributed by atoms with E-state index in [2.05, 4.69) is 15.5 Å². The van der Waals surface area contributed by atoms with Crippen molar-refractivity contribution < 1.29 is 14.3 Å². The molecule has 0 bridgehead atoms. The smallest absolute Gasteiger partial charge is 0.269 e. The fourth-order valence-electron chi connectivity index (χ4n) is 1.88. The van der Waals surface area contributed by atoms with Crippen LogP contribution >= 0.6 is 0 Å². The lowest BCUT2D eigenvalue weighted by Crippen LogP contribution is -2.25. The van der Waals surface area contributed by atoms with Crippen LogP contribution in [0.4, 0.5) is 0 Å². The predicted octanol–water partition coefficient (Wildman–Crippen LogP) is 1.85. The molecule has 0 aliphatic heterocycles. The summed E-state index contributed by atoms with van der Waals surface area (Å²) in [5.74, 6) is 0.578. The average Bonchev–Trinajstić information content (AvgIpc) is 3.01. The molecule has 21 heavy (non-hydrogen) atoms. The summed E-state index contributed by atoms with van der Waals surface area (Å²) in [7, 11) is 3.25. The van der Waals surface area contributed by atoms with E-state index in [0.29, 0.717) is 24.5 Å². The molecule has 112 valence electrons. The molecule has 1 aromatic heterocycles. The molecule has 0 aliphatic rings. The molecule has 1 heterocycles. The van der Waals surface area contributed by atoms with Gasteiger partial charge < -0.3 is 14.8 Å². The molecule has 1 aromatic carbocycles. The highest BCUT2D eigenvalue weighted by Crippen LogP contribution is 2.22. The molecule has 0 aliphatic carbocycles. The molecule has 2 N–H and O–H groups in total. The third-order valence-electron chi connectivity index (χ3n) is 3.00. The van der Waals surface area contributed by atoms with E-state index in [9.17, 15) is 4.79 Å². The van der Waals surface area contributed by atoms with Crippen LogP contribution in [-0.4, -0.2) is 43.5 Å². The number of hydrogen-bond donors (Lipinski definition) is 2. The van der Waals surface area contributed by atoms with E-state index in [1.54, 1.807) is 20.3 Å². The first-order valence-electron chi connectivity index (χ1n) is 6.71. The van der Waals surface area contributed by atoms with Crippen molar-refractivity contribution in [1.82, 2.24) is 15.5 Å². The third-order valence-corrected chi connectivity index (χ3v) is 3.00. The van der Waals surface area contributed by atoms with Crippen LogP contribution in [0.1, 0.15) is 16.9 Å². The molecule has 1 amide bonds. The van der Waals surface area contributed by atoms with E-state index in [0.717, 1.165) is 17.7 Å². The number of carbonyl (C=O) groups excluding carboxylic acids is 1. The lowest BCUT2D eigenvalue weighted by Gasteiger charge is -2.02. The highest BCUT2D eigenvalue weighted by molar-refractivity contribution is 5.93. The zero-order valence-electron chi connectivity index (χ0n) is 12.2. The summed E-state index contributed by atoms with van der Waals surface area (Å²) in [5.41, 5.74) is 2.03. The quantitative estimate of drug-likeness (QED) is 0.763.